The highest BCUT2D eigenvalue weighted by Gasteiger charge is 2.09. The van der Waals surface area contributed by atoms with Gasteiger partial charge in [-0.1, -0.05) is 30.3 Å². The molecule has 0 aliphatic heterocycles. The molecule has 0 spiro atoms. The van der Waals surface area contributed by atoms with Crippen molar-refractivity contribution in [1.29, 1.82) is 0 Å². The number of carbonyl (C=O) groups is 1. The summed E-state index contributed by atoms with van der Waals surface area (Å²) in [6, 6.07) is 16.9. The van der Waals surface area contributed by atoms with Gasteiger partial charge in [-0.3, -0.25) is 15.2 Å². The Bertz CT molecular complexity index is 897. The molecule has 0 fully saturated rings. The van der Waals surface area contributed by atoms with Crippen molar-refractivity contribution in [3.8, 4) is 0 Å². The summed E-state index contributed by atoms with van der Waals surface area (Å²) in [5.41, 5.74) is 5.91. The molecule has 0 atom stereocenters. The van der Waals surface area contributed by atoms with Crippen LogP contribution in [0.1, 0.15) is 32.9 Å². The van der Waals surface area contributed by atoms with Crippen LogP contribution in [0.15, 0.2) is 54.6 Å². The zero-order valence-electron chi connectivity index (χ0n) is 14.7. The number of benzene rings is 2. The third-order valence-electron chi connectivity index (χ3n) is 4.14. The van der Waals surface area contributed by atoms with E-state index in [9.17, 15) is 4.79 Å². The lowest BCUT2D eigenvalue weighted by atomic mass is 10.0. The quantitative estimate of drug-likeness (QED) is 0.617. The lowest BCUT2D eigenvalue weighted by Crippen LogP contribution is -2.34. The van der Waals surface area contributed by atoms with E-state index in [1.54, 1.807) is 12.1 Å². The third-order valence-corrected chi connectivity index (χ3v) is 4.34. The molecule has 1 heterocycles. The van der Waals surface area contributed by atoms with Crippen molar-refractivity contribution in [3.63, 3.8) is 0 Å². The minimum Gasteiger partial charge on any atom is -0.332 e. The lowest BCUT2D eigenvalue weighted by Gasteiger charge is -2.10. The fraction of sp³-hybridized carbons (Fsp3) is 0.150. The maximum Gasteiger partial charge on any atom is 0.257 e. The van der Waals surface area contributed by atoms with Crippen LogP contribution in [-0.2, 0) is 6.42 Å². The van der Waals surface area contributed by atoms with Crippen molar-refractivity contribution in [2.24, 2.45) is 0 Å². The molecule has 26 heavy (non-hydrogen) atoms. The summed E-state index contributed by atoms with van der Waals surface area (Å²) in [4.78, 5) is 12.1. The second-order valence-electron chi connectivity index (χ2n) is 6.06. The number of anilines is 1. The van der Waals surface area contributed by atoms with Gasteiger partial charge < -0.3 is 5.32 Å². The van der Waals surface area contributed by atoms with Crippen LogP contribution in [0.4, 0.5) is 5.69 Å². The Hall–Kier alpha value is -2.99. The predicted octanol–water partition coefficient (Wildman–Crippen LogP) is 3.74. The monoisotopic (exact) mass is 364 g/mol. The van der Waals surface area contributed by atoms with Crippen molar-refractivity contribution < 1.29 is 4.79 Å². The third kappa shape index (κ3) is 4.34. The molecule has 3 rings (SSSR count). The standard InChI is InChI=1S/C20H20N4OS/c1-13-18(14(2)24-23-13)12-15-8-10-17(11-9-15)21-20(26)22-19(25)16-6-4-3-5-7-16/h3-11H,12H2,1-2H3,(H,23,24)(H2,21,22,25,26). The van der Waals surface area contributed by atoms with Crippen LogP contribution < -0.4 is 10.6 Å². The first-order chi connectivity index (χ1) is 12.5. The van der Waals surface area contributed by atoms with Gasteiger partial charge in [-0.15, -0.1) is 0 Å². The van der Waals surface area contributed by atoms with Crippen molar-refractivity contribution in [2.75, 3.05) is 5.32 Å². The van der Waals surface area contributed by atoms with E-state index in [1.807, 2.05) is 56.3 Å². The van der Waals surface area contributed by atoms with Gasteiger partial charge in [0.1, 0.15) is 0 Å². The number of nitrogens with one attached hydrogen (secondary N) is 3. The van der Waals surface area contributed by atoms with Crippen molar-refractivity contribution in [2.45, 2.75) is 20.3 Å². The Morgan fingerprint density at radius 1 is 1.08 bits per heavy atom. The van der Waals surface area contributed by atoms with Gasteiger partial charge in [-0.2, -0.15) is 5.10 Å². The highest BCUT2D eigenvalue weighted by Crippen LogP contribution is 2.17. The van der Waals surface area contributed by atoms with E-state index in [4.69, 9.17) is 12.2 Å². The van der Waals surface area contributed by atoms with Crippen LogP contribution in [0, 0.1) is 13.8 Å². The lowest BCUT2D eigenvalue weighted by molar-refractivity contribution is 0.0977. The van der Waals surface area contributed by atoms with Gasteiger partial charge in [0.25, 0.3) is 5.91 Å². The van der Waals surface area contributed by atoms with Crippen molar-refractivity contribution in [1.82, 2.24) is 15.5 Å². The molecular formula is C20H20N4OS. The molecular weight excluding hydrogens is 344 g/mol. The number of amides is 1. The summed E-state index contributed by atoms with van der Waals surface area (Å²) in [7, 11) is 0. The second kappa shape index (κ2) is 7.93. The Morgan fingerprint density at radius 2 is 1.77 bits per heavy atom. The summed E-state index contributed by atoms with van der Waals surface area (Å²) in [5, 5.41) is 13.2. The molecule has 1 amide bonds. The zero-order chi connectivity index (χ0) is 18.5. The number of hydrogen-bond acceptors (Lipinski definition) is 3. The van der Waals surface area contributed by atoms with Crippen LogP contribution in [0.2, 0.25) is 0 Å². The van der Waals surface area contributed by atoms with Crippen LogP contribution in [0.3, 0.4) is 0 Å². The van der Waals surface area contributed by atoms with Gasteiger partial charge in [0, 0.05) is 28.9 Å². The number of aryl methyl sites for hydroxylation is 2. The van der Waals surface area contributed by atoms with E-state index in [0.29, 0.717) is 5.56 Å². The molecule has 1 aromatic heterocycles. The number of carbonyl (C=O) groups excluding carboxylic acids is 1. The number of aromatic nitrogens is 2. The van der Waals surface area contributed by atoms with Gasteiger partial charge in [-0.05, 0) is 55.9 Å². The summed E-state index contributed by atoms with van der Waals surface area (Å²) in [5.74, 6) is -0.231. The topological polar surface area (TPSA) is 69.8 Å². The summed E-state index contributed by atoms with van der Waals surface area (Å²) in [6.07, 6.45) is 0.823. The Balaban J connectivity index is 1.59. The van der Waals surface area contributed by atoms with E-state index in [1.165, 1.54) is 11.1 Å². The molecule has 3 aromatic rings. The van der Waals surface area contributed by atoms with Crippen LogP contribution in [-0.4, -0.2) is 21.2 Å². The van der Waals surface area contributed by atoms with Crippen LogP contribution in [0.5, 0.6) is 0 Å². The molecule has 3 N–H and O–H groups in total. The van der Waals surface area contributed by atoms with E-state index < -0.39 is 0 Å². The first-order valence-electron chi connectivity index (χ1n) is 8.29. The number of nitrogens with zero attached hydrogens (tertiary/aromatic N) is 1. The molecule has 0 unspecified atom stereocenters. The molecule has 0 bridgehead atoms. The minimum atomic E-state index is -0.231. The molecule has 0 aliphatic rings. The molecule has 132 valence electrons. The van der Waals surface area contributed by atoms with Crippen LogP contribution >= 0.6 is 12.2 Å². The van der Waals surface area contributed by atoms with Gasteiger partial charge in [0.15, 0.2) is 5.11 Å². The first-order valence-corrected chi connectivity index (χ1v) is 8.70. The average Bonchev–Trinajstić information content (AvgIpc) is 2.96. The second-order valence-corrected chi connectivity index (χ2v) is 6.47. The first kappa shape index (κ1) is 17.8. The molecule has 5 nitrogen and oxygen atoms in total. The van der Waals surface area contributed by atoms with E-state index in [-0.39, 0.29) is 11.0 Å². The molecule has 2 aromatic carbocycles. The van der Waals surface area contributed by atoms with Crippen molar-refractivity contribution in [3.05, 3.63) is 82.7 Å². The number of H-pyrrole nitrogens is 1. The largest absolute Gasteiger partial charge is 0.332 e. The summed E-state index contributed by atoms with van der Waals surface area (Å²) < 4.78 is 0. The summed E-state index contributed by atoms with van der Waals surface area (Å²) >= 11 is 5.22. The zero-order valence-corrected chi connectivity index (χ0v) is 15.5. The number of aromatic amines is 1. The van der Waals surface area contributed by atoms with Crippen molar-refractivity contribution >= 4 is 28.9 Å². The number of thiocarbonyl (C=S) groups is 1. The maximum absolute atomic E-state index is 12.1. The Kier molecular flexibility index (Phi) is 5.43. The van der Waals surface area contributed by atoms with E-state index >= 15 is 0 Å². The normalized spacial score (nSPS) is 10.4. The Morgan fingerprint density at radius 3 is 2.38 bits per heavy atom. The highest BCUT2D eigenvalue weighted by atomic mass is 32.1. The van der Waals surface area contributed by atoms with Gasteiger partial charge >= 0.3 is 0 Å². The fourth-order valence-electron chi connectivity index (χ4n) is 2.67. The SMILES string of the molecule is Cc1n[nH]c(C)c1Cc1ccc(NC(=S)NC(=O)c2ccccc2)cc1. The molecule has 0 radical (unpaired) electrons. The average molecular weight is 364 g/mol. The van der Waals surface area contributed by atoms with Gasteiger partial charge in [-0.25, -0.2) is 0 Å². The van der Waals surface area contributed by atoms with E-state index in [2.05, 4.69) is 20.8 Å². The number of rotatable bonds is 4. The molecule has 6 heteroatoms. The van der Waals surface area contributed by atoms with Gasteiger partial charge in [0.2, 0.25) is 0 Å². The van der Waals surface area contributed by atoms with Crippen LogP contribution in [0.25, 0.3) is 0 Å². The smallest absolute Gasteiger partial charge is 0.257 e. The van der Waals surface area contributed by atoms with Gasteiger partial charge in [0.05, 0.1) is 5.69 Å². The molecule has 0 aliphatic carbocycles. The Labute approximate surface area is 157 Å². The minimum absolute atomic E-state index is 0.231. The van der Waals surface area contributed by atoms with E-state index in [0.717, 1.165) is 23.5 Å². The summed E-state index contributed by atoms with van der Waals surface area (Å²) in [6.45, 7) is 4.03. The fourth-order valence-corrected chi connectivity index (χ4v) is 2.88. The molecule has 0 saturated carbocycles. The number of hydrogen-bond donors (Lipinski definition) is 3. The molecule has 0 saturated heterocycles. The highest BCUT2D eigenvalue weighted by molar-refractivity contribution is 7.80. The predicted molar refractivity (Wildman–Crippen MR) is 107 cm³/mol. The maximum atomic E-state index is 12.1.